The van der Waals surface area contributed by atoms with Crippen LogP contribution in [-0.2, 0) is 37.6 Å². The molecule has 0 bridgehead atoms. The molecule has 0 atom stereocenters. The number of carbonyl (C=O) groups is 1. The maximum atomic E-state index is 12.6. The molecule has 4 N–H and O–H groups in total. The minimum absolute atomic E-state index is 0. The molecule has 1 aromatic heterocycles. The van der Waals surface area contributed by atoms with Crippen molar-refractivity contribution in [3.63, 3.8) is 0 Å². The van der Waals surface area contributed by atoms with Gasteiger partial charge in [0.15, 0.2) is 22.2 Å². The van der Waals surface area contributed by atoms with E-state index in [-0.39, 0.29) is 134 Å². The number of benzene rings is 3. The van der Waals surface area contributed by atoms with E-state index in [0.717, 1.165) is 0 Å². The summed E-state index contributed by atoms with van der Waals surface area (Å²) < 4.78 is 38.3. The normalized spacial score (nSPS) is 11.1. The smallest absolute Gasteiger partial charge is 0.691 e. The van der Waals surface area contributed by atoms with E-state index in [4.69, 9.17) is 21.5 Å². The van der Waals surface area contributed by atoms with E-state index in [0.29, 0.717) is 30.0 Å². The summed E-state index contributed by atoms with van der Waals surface area (Å²) in [5, 5.41) is 40.9. The van der Waals surface area contributed by atoms with E-state index < -0.39 is 15.6 Å². The van der Waals surface area contributed by atoms with Crippen LogP contribution in [0.15, 0.2) is 80.7 Å². The maximum Gasteiger partial charge on any atom is 1.00 e. The number of anilines is 6. The SMILES string of the molecule is CCN(c1cccc(NC(C)=O)c1)c1nc(Cl)nc(Nc2cc(N)c(SOO[O-])cc2N=Nc2ccc(S(=O)(=O)CCOSOO[O-])cc2)n1.[Na+].[Na+]. The number of halogens is 1. The topological polar surface area (TPSA) is 260 Å². The number of amides is 1. The summed E-state index contributed by atoms with van der Waals surface area (Å²) in [6.07, 6.45) is 0. The predicted molar refractivity (Wildman–Crippen MR) is 179 cm³/mol. The monoisotopic (exact) mass is 813 g/mol. The van der Waals surface area contributed by atoms with Gasteiger partial charge < -0.3 is 31.8 Å². The Morgan fingerprint density at radius 3 is 2.42 bits per heavy atom. The second-order valence-corrected chi connectivity index (χ2v) is 13.2. The minimum Gasteiger partial charge on any atom is -0.691 e. The van der Waals surface area contributed by atoms with Gasteiger partial charge in [-0.15, -0.1) is 9.45 Å². The van der Waals surface area contributed by atoms with E-state index in [9.17, 15) is 23.7 Å². The van der Waals surface area contributed by atoms with Crippen molar-refractivity contribution in [3.05, 3.63) is 65.9 Å². The standard InChI is InChI=1S/C27H28ClN9O10S3.2Na/c1-3-37(19-6-4-5-18(13-19)30-16(2)38)27-33-25(28)32-26(34-27)31-22-14-21(29)24(48-46-44-39)15-23(22)36-35-17-7-9-20(10-8-17)50(41,42)12-11-43-49-47-45-40;;/h4-10,13-15,39-40H,3,11-12,29H2,1-2H3,(H,30,38)(H,31,32,33,34);;/q;2*+1/p-2. The molecular weight excluding hydrogens is 788 g/mol. The van der Waals surface area contributed by atoms with Crippen LogP contribution < -0.4 is 90.9 Å². The third-order valence-corrected chi connectivity index (χ3v) is 9.06. The molecule has 0 fully saturated rings. The van der Waals surface area contributed by atoms with Crippen molar-refractivity contribution >= 4 is 97.7 Å². The molecule has 0 aliphatic heterocycles. The Hall–Kier alpha value is -2.20. The van der Waals surface area contributed by atoms with E-state index >= 15 is 0 Å². The molecule has 0 aliphatic rings. The number of nitrogens with one attached hydrogen (secondary N) is 2. The summed E-state index contributed by atoms with van der Waals surface area (Å²) >= 11 is 7.04. The molecule has 0 saturated heterocycles. The van der Waals surface area contributed by atoms with Crippen molar-refractivity contribution < 1.29 is 106 Å². The Bertz CT molecular complexity index is 1920. The van der Waals surface area contributed by atoms with Gasteiger partial charge in [0.25, 0.3) is 0 Å². The Morgan fingerprint density at radius 1 is 1.02 bits per heavy atom. The maximum absolute atomic E-state index is 12.6. The van der Waals surface area contributed by atoms with Crippen LogP contribution in [0.4, 0.5) is 46.0 Å². The molecule has 266 valence electrons. The van der Waals surface area contributed by atoms with Crippen LogP contribution in [0.25, 0.3) is 0 Å². The molecule has 52 heavy (non-hydrogen) atoms. The van der Waals surface area contributed by atoms with E-state index in [2.05, 4.69) is 54.6 Å². The zero-order valence-electron chi connectivity index (χ0n) is 27.8. The van der Waals surface area contributed by atoms with Crippen molar-refractivity contribution in [2.24, 2.45) is 10.2 Å². The summed E-state index contributed by atoms with van der Waals surface area (Å²) in [5.74, 6) is -0.436. The van der Waals surface area contributed by atoms with Crippen molar-refractivity contribution in [2.45, 2.75) is 23.6 Å². The second-order valence-electron chi connectivity index (χ2n) is 9.49. The summed E-state index contributed by atoms with van der Waals surface area (Å²) in [6, 6.07) is 15.5. The first-order valence-electron chi connectivity index (χ1n) is 13.9. The molecular formula is C27H26ClN9Na2O10S3. The van der Waals surface area contributed by atoms with Crippen LogP contribution in [-0.4, -0.2) is 48.2 Å². The van der Waals surface area contributed by atoms with Crippen molar-refractivity contribution in [3.8, 4) is 0 Å². The molecule has 1 heterocycles. The first kappa shape index (κ1) is 46.0. The van der Waals surface area contributed by atoms with Crippen LogP contribution in [0.1, 0.15) is 13.8 Å². The molecule has 4 rings (SSSR count). The van der Waals surface area contributed by atoms with Gasteiger partial charge in [-0.05, 0) is 73.1 Å². The number of nitrogen functional groups attached to an aromatic ring is 1. The number of hydrogen-bond acceptors (Lipinski definition) is 20. The van der Waals surface area contributed by atoms with Gasteiger partial charge in [-0.2, -0.15) is 24.4 Å². The quantitative estimate of drug-likeness (QED) is 0.0190. The summed E-state index contributed by atoms with van der Waals surface area (Å²) in [6.45, 7) is 3.42. The number of sulfone groups is 1. The van der Waals surface area contributed by atoms with Gasteiger partial charge in [-0.1, -0.05) is 6.07 Å². The van der Waals surface area contributed by atoms with Crippen molar-refractivity contribution in [1.29, 1.82) is 0 Å². The average Bonchev–Trinajstić information content (AvgIpc) is 3.07. The number of aromatic nitrogens is 3. The number of nitrogens with two attached hydrogens (primary N) is 1. The molecule has 0 radical (unpaired) electrons. The van der Waals surface area contributed by atoms with Gasteiger partial charge in [0.1, 0.15) is 5.69 Å². The third kappa shape index (κ3) is 13.9. The van der Waals surface area contributed by atoms with Crippen LogP contribution in [0.2, 0.25) is 5.28 Å². The summed E-state index contributed by atoms with van der Waals surface area (Å²) in [5.41, 5.74) is 8.27. The molecule has 0 unspecified atom stereocenters. The molecule has 1 amide bonds. The van der Waals surface area contributed by atoms with E-state index in [1.165, 1.54) is 43.3 Å². The molecule has 0 spiro atoms. The Kier molecular flexibility index (Phi) is 20.2. The van der Waals surface area contributed by atoms with Crippen LogP contribution in [0.3, 0.4) is 0 Å². The van der Waals surface area contributed by atoms with Crippen LogP contribution in [0, 0.1) is 0 Å². The van der Waals surface area contributed by atoms with Crippen molar-refractivity contribution in [2.75, 3.05) is 40.2 Å². The zero-order chi connectivity index (χ0) is 36.1. The molecule has 3 aromatic carbocycles. The van der Waals surface area contributed by atoms with Gasteiger partial charge in [-0.3, -0.25) is 19.1 Å². The van der Waals surface area contributed by atoms with Gasteiger partial charge in [0.05, 0.1) is 45.6 Å². The molecule has 0 aliphatic carbocycles. The van der Waals surface area contributed by atoms with Crippen LogP contribution >= 0.6 is 36.0 Å². The number of nitrogens with zero attached hydrogens (tertiary/aromatic N) is 6. The fourth-order valence-corrected chi connectivity index (χ4v) is 6.06. The van der Waals surface area contributed by atoms with Gasteiger partial charge in [0, 0.05) is 30.5 Å². The number of azo groups is 1. The first-order chi connectivity index (χ1) is 24.0. The zero-order valence-corrected chi connectivity index (χ0v) is 35.0. The number of carbonyl (C=O) groups excluding carboxylic acids is 1. The average molecular weight is 814 g/mol. The molecule has 25 heteroatoms. The number of hydrogen-bond donors (Lipinski definition) is 3. The van der Waals surface area contributed by atoms with Gasteiger partial charge in [0.2, 0.25) is 23.1 Å². The Labute approximate surface area is 355 Å². The minimum atomic E-state index is -3.74. The Morgan fingerprint density at radius 2 is 1.75 bits per heavy atom. The largest absolute Gasteiger partial charge is 1.00 e. The second kappa shape index (κ2) is 22.9. The molecule has 19 nitrogen and oxygen atoms in total. The van der Waals surface area contributed by atoms with Crippen molar-refractivity contribution in [1.82, 2.24) is 15.0 Å². The summed E-state index contributed by atoms with van der Waals surface area (Å²) in [7, 11) is -3.74. The first-order valence-corrected chi connectivity index (χ1v) is 17.4. The fraction of sp³-hybridized carbons (Fsp3) is 0.185. The van der Waals surface area contributed by atoms with E-state index in [1.54, 1.807) is 23.1 Å². The molecule has 4 aromatic rings. The van der Waals surface area contributed by atoms with Gasteiger partial charge in [-0.25, -0.2) is 8.42 Å². The van der Waals surface area contributed by atoms with Crippen LogP contribution in [0.5, 0.6) is 0 Å². The van der Waals surface area contributed by atoms with E-state index in [1.807, 2.05) is 13.0 Å². The predicted octanol–water partition coefficient (Wildman–Crippen LogP) is -1.80. The molecule has 0 saturated carbocycles. The fourth-order valence-electron chi connectivity index (χ4n) is 4.08. The Balaban J connectivity index is 0.00000468. The number of rotatable bonds is 18. The summed E-state index contributed by atoms with van der Waals surface area (Å²) in [4.78, 5) is 26.5. The van der Waals surface area contributed by atoms with Gasteiger partial charge >= 0.3 is 59.1 Å². The third-order valence-electron chi connectivity index (χ3n) is 6.17.